The molecule has 1 atom stereocenters. The molecule has 0 amide bonds. The number of carbonyl (C=O) groups is 1. The summed E-state index contributed by atoms with van der Waals surface area (Å²) in [5.74, 6) is -0.374. The van der Waals surface area contributed by atoms with E-state index in [0.717, 1.165) is 22.4 Å². The predicted octanol–water partition coefficient (Wildman–Crippen LogP) is 2.36. The molecule has 0 aliphatic heterocycles. The third kappa shape index (κ3) is 1.81. The van der Waals surface area contributed by atoms with E-state index in [1.165, 1.54) is 0 Å². The highest BCUT2D eigenvalue weighted by molar-refractivity contribution is 5.78. The van der Waals surface area contributed by atoms with Crippen LogP contribution in [-0.2, 0) is 11.2 Å². The van der Waals surface area contributed by atoms with Crippen LogP contribution in [0.4, 0.5) is 0 Å². The zero-order valence-corrected chi connectivity index (χ0v) is 9.36. The van der Waals surface area contributed by atoms with Crippen molar-refractivity contribution in [3.8, 4) is 5.75 Å². The Kier molecular flexibility index (Phi) is 2.69. The van der Waals surface area contributed by atoms with Crippen molar-refractivity contribution in [3.05, 3.63) is 34.9 Å². The van der Waals surface area contributed by atoms with E-state index in [-0.39, 0.29) is 0 Å². The fourth-order valence-corrected chi connectivity index (χ4v) is 1.91. The SMILES string of the molecule is COc1ccc2c(c1)CC(C(C)C(=O)O)=C2. The molecule has 1 aliphatic carbocycles. The van der Waals surface area contributed by atoms with Gasteiger partial charge in [-0.25, -0.2) is 0 Å². The van der Waals surface area contributed by atoms with Crippen LogP contribution in [0.2, 0.25) is 0 Å². The highest BCUT2D eigenvalue weighted by Gasteiger charge is 2.22. The molecule has 1 unspecified atom stereocenters. The van der Waals surface area contributed by atoms with Crippen molar-refractivity contribution in [1.82, 2.24) is 0 Å². The zero-order valence-electron chi connectivity index (χ0n) is 9.36. The molecule has 3 heteroatoms. The molecule has 1 aromatic rings. The summed E-state index contributed by atoms with van der Waals surface area (Å²) in [5, 5.41) is 8.96. The second-order valence-electron chi connectivity index (χ2n) is 4.02. The fourth-order valence-electron chi connectivity index (χ4n) is 1.91. The Morgan fingerprint density at radius 1 is 1.50 bits per heavy atom. The van der Waals surface area contributed by atoms with Gasteiger partial charge >= 0.3 is 5.97 Å². The van der Waals surface area contributed by atoms with Crippen LogP contribution in [0.15, 0.2) is 23.8 Å². The lowest BCUT2D eigenvalue weighted by molar-refractivity contribution is -0.139. The Morgan fingerprint density at radius 2 is 2.25 bits per heavy atom. The molecule has 0 saturated heterocycles. The second-order valence-corrected chi connectivity index (χ2v) is 4.02. The van der Waals surface area contributed by atoms with Gasteiger partial charge in [-0.1, -0.05) is 17.7 Å². The number of rotatable bonds is 3. The molecule has 1 aromatic carbocycles. The minimum Gasteiger partial charge on any atom is -0.497 e. The van der Waals surface area contributed by atoms with Crippen LogP contribution in [0.1, 0.15) is 18.1 Å². The Bertz CT molecular complexity index is 460. The van der Waals surface area contributed by atoms with Crippen LogP contribution in [0.25, 0.3) is 6.08 Å². The van der Waals surface area contributed by atoms with E-state index in [9.17, 15) is 4.79 Å². The van der Waals surface area contributed by atoms with Crippen LogP contribution in [-0.4, -0.2) is 18.2 Å². The van der Waals surface area contributed by atoms with E-state index in [2.05, 4.69) is 0 Å². The van der Waals surface area contributed by atoms with Gasteiger partial charge in [0.1, 0.15) is 5.75 Å². The lowest BCUT2D eigenvalue weighted by atomic mass is 9.99. The van der Waals surface area contributed by atoms with Gasteiger partial charge in [0.25, 0.3) is 0 Å². The number of aliphatic carboxylic acids is 1. The van der Waals surface area contributed by atoms with E-state index in [1.807, 2.05) is 24.3 Å². The van der Waals surface area contributed by atoms with E-state index in [1.54, 1.807) is 14.0 Å². The van der Waals surface area contributed by atoms with Crippen LogP contribution >= 0.6 is 0 Å². The molecule has 0 saturated carbocycles. The number of methoxy groups -OCH3 is 1. The lowest BCUT2D eigenvalue weighted by Crippen LogP contribution is -2.12. The molecule has 16 heavy (non-hydrogen) atoms. The molecular weight excluding hydrogens is 204 g/mol. The number of carboxylic acids is 1. The van der Waals surface area contributed by atoms with E-state index < -0.39 is 11.9 Å². The second kappa shape index (κ2) is 4.00. The number of benzene rings is 1. The molecule has 0 spiro atoms. The number of hydrogen-bond acceptors (Lipinski definition) is 2. The molecule has 0 aromatic heterocycles. The van der Waals surface area contributed by atoms with Gasteiger partial charge in [-0.15, -0.1) is 0 Å². The van der Waals surface area contributed by atoms with Crippen molar-refractivity contribution >= 4 is 12.0 Å². The largest absolute Gasteiger partial charge is 0.497 e. The average Bonchev–Trinajstić information content (AvgIpc) is 2.69. The molecule has 0 heterocycles. The summed E-state index contributed by atoms with van der Waals surface area (Å²) in [4.78, 5) is 10.9. The normalized spacial score (nSPS) is 15.2. The molecule has 0 fully saturated rings. The third-order valence-electron chi connectivity index (χ3n) is 3.01. The van der Waals surface area contributed by atoms with Crippen LogP contribution in [0.5, 0.6) is 5.75 Å². The van der Waals surface area contributed by atoms with Crippen molar-refractivity contribution in [2.24, 2.45) is 5.92 Å². The first-order valence-corrected chi connectivity index (χ1v) is 5.22. The van der Waals surface area contributed by atoms with Crippen molar-refractivity contribution in [3.63, 3.8) is 0 Å². The number of hydrogen-bond donors (Lipinski definition) is 1. The minimum absolute atomic E-state index is 0.418. The van der Waals surface area contributed by atoms with E-state index in [4.69, 9.17) is 9.84 Å². The highest BCUT2D eigenvalue weighted by Crippen LogP contribution is 2.31. The van der Waals surface area contributed by atoms with Gasteiger partial charge in [0.2, 0.25) is 0 Å². The first-order chi connectivity index (χ1) is 7.61. The monoisotopic (exact) mass is 218 g/mol. The molecule has 2 rings (SSSR count). The first kappa shape index (κ1) is 10.7. The van der Waals surface area contributed by atoms with Crippen molar-refractivity contribution in [1.29, 1.82) is 0 Å². The molecule has 3 nitrogen and oxygen atoms in total. The number of fused-ring (bicyclic) bond motifs is 1. The lowest BCUT2D eigenvalue weighted by Gasteiger charge is -2.06. The van der Waals surface area contributed by atoms with Crippen LogP contribution in [0, 0.1) is 5.92 Å². The van der Waals surface area contributed by atoms with Gasteiger partial charge in [0.15, 0.2) is 0 Å². The summed E-state index contributed by atoms with van der Waals surface area (Å²) in [7, 11) is 1.63. The maximum absolute atomic E-state index is 10.9. The fraction of sp³-hybridized carbons (Fsp3) is 0.308. The molecule has 1 aliphatic rings. The van der Waals surface area contributed by atoms with Crippen molar-refractivity contribution in [2.45, 2.75) is 13.3 Å². The summed E-state index contributed by atoms with van der Waals surface area (Å²) in [6.07, 6.45) is 2.67. The maximum Gasteiger partial charge on any atom is 0.310 e. The summed E-state index contributed by atoms with van der Waals surface area (Å²) in [6.45, 7) is 1.72. The average molecular weight is 218 g/mol. The predicted molar refractivity (Wildman–Crippen MR) is 61.5 cm³/mol. The number of carboxylic acid groups (broad SMARTS) is 1. The van der Waals surface area contributed by atoms with Gasteiger partial charge in [-0.3, -0.25) is 4.79 Å². The van der Waals surface area contributed by atoms with Crippen LogP contribution < -0.4 is 4.74 Å². The van der Waals surface area contributed by atoms with Gasteiger partial charge in [-0.05, 0) is 36.6 Å². The third-order valence-corrected chi connectivity index (χ3v) is 3.01. The smallest absolute Gasteiger partial charge is 0.310 e. The Labute approximate surface area is 94.4 Å². The summed E-state index contributed by atoms with van der Waals surface area (Å²) in [5.41, 5.74) is 3.20. The Hall–Kier alpha value is -1.77. The minimum atomic E-state index is -0.772. The van der Waals surface area contributed by atoms with Crippen molar-refractivity contribution in [2.75, 3.05) is 7.11 Å². The van der Waals surface area contributed by atoms with Crippen LogP contribution in [0.3, 0.4) is 0 Å². The summed E-state index contributed by atoms with van der Waals surface area (Å²) >= 11 is 0. The van der Waals surface area contributed by atoms with Gasteiger partial charge in [0.05, 0.1) is 13.0 Å². The van der Waals surface area contributed by atoms with Crippen molar-refractivity contribution < 1.29 is 14.6 Å². The molecule has 84 valence electrons. The Balaban J connectivity index is 2.26. The van der Waals surface area contributed by atoms with E-state index >= 15 is 0 Å². The van der Waals surface area contributed by atoms with E-state index in [0.29, 0.717) is 6.42 Å². The highest BCUT2D eigenvalue weighted by atomic mass is 16.5. The maximum atomic E-state index is 10.9. The summed E-state index contributed by atoms with van der Waals surface area (Å²) in [6, 6.07) is 5.83. The van der Waals surface area contributed by atoms with Gasteiger partial charge in [-0.2, -0.15) is 0 Å². The molecule has 1 N–H and O–H groups in total. The topological polar surface area (TPSA) is 46.5 Å². The first-order valence-electron chi connectivity index (χ1n) is 5.22. The quantitative estimate of drug-likeness (QED) is 0.847. The molecule has 0 bridgehead atoms. The summed E-state index contributed by atoms with van der Waals surface area (Å²) < 4.78 is 5.14. The Morgan fingerprint density at radius 3 is 2.88 bits per heavy atom. The number of ether oxygens (including phenoxy) is 1. The van der Waals surface area contributed by atoms with Gasteiger partial charge in [0, 0.05) is 0 Å². The molecule has 0 radical (unpaired) electrons. The zero-order chi connectivity index (χ0) is 11.7. The molecular formula is C13H14O3. The van der Waals surface area contributed by atoms with Gasteiger partial charge < -0.3 is 9.84 Å². The standard InChI is InChI=1S/C13H14O3/c1-8(13(14)15)10-5-9-3-4-12(16-2)7-11(9)6-10/h3-5,7-8H,6H2,1-2H3,(H,14,15).